The molecule has 20 heavy (non-hydrogen) atoms. The van der Waals surface area contributed by atoms with Gasteiger partial charge in [-0.1, -0.05) is 12.8 Å². The molecule has 1 aliphatic carbocycles. The van der Waals surface area contributed by atoms with Crippen LogP contribution in [0.3, 0.4) is 0 Å². The van der Waals surface area contributed by atoms with E-state index in [4.69, 9.17) is 4.74 Å². The van der Waals surface area contributed by atoms with Crippen LogP contribution in [0.4, 0.5) is 0 Å². The van der Waals surface area contributed by atoms with Gasteiger partial charge in [0.05, 0.1) is 12.8 Å². The van der Waals surface area contributed by atoms with Gasteiger partial charge in [-0.2, -0.15) is 0 Å². The van der Waals surface area contributed by atoms with Crippen LogP contribution in [0.25, 0.3) is 0 Å². The number of aryl methyl sites for hydroxylation is 1. The van der Waals surface area contributed by atoms with Crippen molar-refractivity contribution >= 4 is 0 Å². The van der Waals surface area contributed by atoms with Crippen LogP contribution in [0.15, 0.2) is 6.20 Å². The Morgan fingerprint density at radius 1 is 1.35 bits per heavy atom. The molecule has 1 saturated carbocycles. The first kappa shape index (κ1) is 15.3. The zero-order chi connectivity index (χ0) is 14.6. The SMILES string of the molecule is COc1c(C)cnc(CNCC2(CO)CCCC2)c1C. The van der Waals surface area contributed by atoms with E-state index in [0.29, 0.717) is 0 Å². The average molecular weight is 278 g/mol. The molecule has 4 heteroatoms. The summed E-state index contributed by atoms with van der Waals surface area (Å²) in [6.07, 6.45) is 6.58. The van der Waals surface area contributed by atoms with Gasteiger partial charge in [0.15, 0.2) is 0 Å². The number of ether oxygens (including phenoxy) is 1. The molecule has 0 atom stereocenters. The fourth-order valence-corrected chi connectivity index (χ4v) is 3.21. The predicted molar refractivity (Wildman–Crippen MR) is 80.0 cm³/mol. The summed E-state index contributed by atoms with van der Waals surface area (Å²) in [5.41, 5.74) is 3.28. The maximum Gasteiger partial charge on any atom is 0.128 e. The van der Waals surface area contributed by atoms with Crippen LogP contribution in [0.5, 0.6) is 5.75 Å². The van der Waals surface area contributed by atoms with Crippen LogP contribution < -0.4 is 10.1 Å². The summed E-state index contributed by atoms with van der Waals surface area (Å²) in [6.45, 7) is 5.93. The normalized spacial score (nSPS) is 17.4. The fourth-order valence-electron chi connectivity index (χ4n) is 3.21. The Hall–Kier alpha value is -1.13. The highest BCUT2D eigenvalue weighted by molar-refractivity contribution is 5.40. The number of methoxy groups -OCH3 is 1. The fraction of sp³-hybridized carbons (Fsp3) is 0.688. The van der Waals surface area contributed by atoms with Crippen molar-refractivity contribution in [2.45, 2.75) is 46.1 Å². The van der Waals surface area contributed by atoms with Crippen LogP contribution in [-0.4, -0.2) is 30.4 Å². The van der Waals surface area contributed by atoms with Gasteiger partial charge in [0, 0.05) is 42.4 Å². The third-order valence-electron chi connectivity index (χ3n) is 4.54. The average Bonchev–Trinajstić information content (AvgIpc) is 2.91. The van der Waals surface area contributed by atoms with Crippen molar-refractivity contribution in [3.63, 3.8) is 0 Å². The zero-order valence-corrected chi connectivity index (χ0v) is 12.8. The van der Waals surface area contributed by atoms with Gasteiger partial charge in [-0.15, -0.1) is 0 Å². The molecule has 0 bridgehead atoms. The number of rotatable bonds is 6. The molecule has 1 aliphatic rings. The largest absolute Gasteiger partial charge is 0.496 e. The van der Waals surface area contributed by atoms with Crippen LogP contribution in [0.1, 0.15) is 42.5 Å². The quantitative estimate of drug-likeness (QED) is 0.838. The van der Waals surface area contributed by atoms with Crippen molar-refractivity contribution < 1.29 is 9.84 Å². The lowest BCUT2D eigenvalue weighted by molar-refractivity contribution is 0.128. The number of nitrogens with one attached hydrogen (secondary N) is 1. The zero-order valence-electron chi connectivity index (χ0n) is 12.8. The van der Waals surface area contributed by atoms with Crippen molar-refractivity contribution in [2.75, 3.05) is 20.3 Å². The Labute approximate surface area is 121 Å². The van der Waals surface area contributed by atoms with Crippen molar-refractivity contribution in [3.8, 4) is 5.75 Å². The number of pyridine rings is 1. The second-order valence-corrected chi connectivity index (χ2v) is 6.01. The van der Waals surface area contributed by atoms with Crippen LogP contribution >= 0.6 is 0 Å². The molecule has 2 N–H and O–H groups in total. The van der Waals surface area contributed by atoms with Crippen LogP contribution in [0, 0.1) is 19.3 Å². The summed E-state index contributed by atoms with van der Waals surface area (Å²) in [5.74, 6) is 0.925. The van der Waals surface area contributed by atoms with Gasteiger partial charge in [-0.3, -0.25) is 4.98 Å². The highest BCUT2D eigenvalue weighted by Gasteiger charge is 2.32. The van der Waals surface area contributed by atoms with E-state index in [1.54, 1.807) is 7.11 Å². The van der Waals surface area contributed by atoms with Gasteiger partial charge in [0.25, 0.3) is 0 Å². The van der Waals surface area contributed by atoms with E-state index in [0.717, 1.165) is 48.5 Å². The van der Waals surface area contributed by atoms with E-state index in [9.17, 15) is 5.11 Å². The highest BCUT2D eigenvalue weighted by atomic mass is 16.5. The summed E-state index contributed by atoms with van der Waals surface area (Å²) >= 11 is 0. The second-order valence-electron chi connectivity index (χ2n) is 6.01. The third-order valence-corrected chi connectivity index (χ3v) is 4.54. The van der Waals surface area contributed by atoms with Gasteiger partial charge in [-0.05, 0) is 26.7 Å². The highest BCUT2D eigenvalue weighted by Crippen LogP contribution is 2.37. The molecule has 0 spiro atoms. The predicted octanol–water partition coefficient (Wildman–Crippen LogP) is 2.35. The first-order valence-electron chi connectivity index (χ1n) is 7.42. The van der Waals surface area contributed by atoms with Crippen molar-refractivity contribution in [2.24, 2.45) is 5.41 Å². The first-order chi connectivity index (χ1) is 9.62. The molecule has 4 nitrogen and oxygen atoms in total. The Morgan fingerprint density at radius 3 is 2.65 bits per heavy atom. The monoisotopic (exact) mass is 278 g/mol. The van der Waals surface area contributed by atoms with Crippen LogP contribution in [-0.2, 0) is 6.54 Å². The van der Waals surface area contributed by atoms with Crippen molar-refractivity contribution in [3.05, 3.63) is 23.0 Å². The third kappa shape index (κ3) is 3.13. The summed E-state index contributed by atoms with van der Waals surface area (Å²) < 4.78 is 5.43. The van der Waals surface area contributed by atoms with E-state index in [-0.39, 0.29) is 12.0 Å². The molecule has 0 amide bonds. The smallest absolute Gasteiger partial charge is 0.128 e. The van der Waals surface area contributed by atoms with E-state index in [1.165, 1.54) is 12.8 Å². The van der Waals surface area contributed by atoms with Gasteiger partial charge < -0.3 is 15.2 Å². The lowest BCUT2D eigenvalue weighted by Crippen LogP contribution is -2.35. The number of aliphatic hydroxyl groups is 1. The molecule has 0 saturated heterocycles. The molecular weight excluding hydrogens is 252 g/mol. The molecule has 1 fully saturated rings. The number of nitrogens with zero attached hydrogens (tertiary/aromatic N) is 1. The minimum Gasteiger partial charge on any atom is -0.496 e. The topological polar surface area (TPSA) is 54.4 Å². The number of aromatic nitrogens is 1. The molecule has 0 unspecified atom stereocenters. The Kier molecular flexibility index (Phi) is 5.00. The molecule has 1 aromatic rings. The molecule has 0 radical (unpaired) electrons. The summed E-state index contributed by atoms with van der Waals surface area (Å²) in [4.78, 5) is 4.49. The van der Waals surface area contributed by atoms with Gasteiger partial charge in [0.1, 0.15) is 5.75 Å². The molecule has 1 aromatic heterocycles. The molecular formula is C16H26N2O2. The lowest BCUT2D eigenvalue weighted by Gasteiger charge is -2.26. The Morgan fingerprint density at radius 2 is 2.05 bits per heavy atom. The number of hydrogen-bond acceptors (Lipinski definition) is 4. The minimum absolute atomic E-state index is 0.0860. The van der Waals surface area contributed by atoms with Gasteiger partial charge in [0.2, 0.25) is 0 Å². The van der Waals surface area contributed by atoms with Crippen LogP contribution in [0.2, 0.25) is 0 Å². The standard InChI is InChI=1S/C16H26N2O2/c1-12-8-18-14(13(2)15(12)20-3)9-17-10-16(11-19)6-4-5-7-16/h8,17,19H,4-7,9-11H2,1-3H3. The van der Waals surface area contributed by atoms with Crippen molar-refractivity contribution in [1.29, 1.82) is 0 Å². The maximum absolute atomic E-state index is 9.61. The summed E-state index contributed by atoms with van der Waals surface area (Å²) in [7, 11) is 1.70. The van der Waals surface area contributed by atoms with Gasteiger partial charge in [-0.25, -0.2) is 0 Å². The van der Waals surface area contributed by atoms with E-state index in [2.05, 4.69) is 10.3 Å². The second kappa shape index (κ2) is 6.55. The Balaban J connectivity index is 1.97. The van der Waals surface area contributed by atoms with Gasteiger partial charge >= 0.3 is 0 Å². The van der Waals surface area contributed by atoms with Crippen molar-refractivity contribution in [1.82, 2.24) is 10.3 Å². The van der Waals surface area contributed by atoms with E-state index < -0.39 is 0 Å². The van der Waals surface area contributed by atoms with E-state index in [1.807, 2.05) is 20.0 Å². The maximum atomic E-state index is 9.61. The Bertz CT molecular complexity index is 454. The number of aliphatic hydroxyl groups excluding tert-OH is 1. The molecule has 0 aromatic carbocycles. The summed E-state index contributed by atoms with van der Waals surface area (Å²) in [5, 5.41) is 13.1. The first-order valence-corrected chi connectivity index (χ1v) is 7.42. The lowest BCUT2D eigenvalue weighted by atomic mass is 9.87. The molecule has 112 valence electrons. The summed E-state index contributed by atoms with van der Waals surface area (Å²) in [6, 6.07) is 0. The molecule has 1 heterocycles. The molecule has 2 rings (SSSR count). The molecule has 0 aliphatic heterocycles. The minimum atomic E-state index is 0.0860. The number of hydrogen-bond donors (Lipinski definition) is 2. The van der Waals surface area contributed by atoms with E-state index >= 15 is 0 Å².